The molecule has 1 aliphatic rings. The summed E-state index contributed by atoms with van der Waals surface area (Å²) in [5.74, 6) is 1.41. The first-order valence-electron chi connectivity index (χ1n) is 5.94. The molecular weight excluding hydrogens is 266 g/mol. The lowest BCUT2D eigenvalue weighted by molar-refractivity contribution is 0.174. The van der Waals surface area contributed by atoms with Crippen molar-refractivity contribution in [3.05, 3.63) is 22.7 Å². The molecule has 7 heteroatoms. The van der Waals surface area contributed by atoms with Crippen LogP contribution in [0.15, 0.2) is 12.1 Å². The maximum Gasteiger partial charge on any atom is 0.231 e. The highest BCUT2D eigenvalue weighted by Gasteiger charge is 2.17. The largest absolute Gasteiger partial charge is 0.507 e. The number of anilines is 1. The molecule has 1 aromatic carbocycles. The number of nitrogens with one attached hydrogen (secondary N) is 1. The first-order valence-corrected chi connectivity index (χ1v) is 6.75. The minimum atomic E-state index is 0.178. The average molecular weight is 279 g/mol. The number of fused-ring (bicyclic) bond motifs is 1. The Kier molecular flexibility index (Phi) is 3.12. The van der Waals surface area contributed by atoms with E-state index >= 15 is 0 Å². The Morgan fingerprint density at radius 1 is 1.32 bits per heavy atom. The first kappa shape index (κ1) is 12.0. The Labute approximate surface area is 114 Å². The maximum absolute atomic E-state index is 9.90. The van der Waals surface area contributed by atoms with Gasteiger partial charge >= 0.3 is 0 Å². The molecule has 0 radical (unpaired) electrons. The van der Waals surface area contributed by atoms with Gasteiger partial charge in [0, 0.05) is 18.2 Å². The predicted octanol–water partition coefficient (Wildman–Crippen LogP) is 2.15. The van der Waals surface area contributed by atoms with Crippen LogP contribution in [0.2, 0.25) is 0 Å². The lowest BCUT2D eigenvalue weighted by Gasteiger charge is -2.06. The Hall–Kier alpha value is -2.02. The lowest BCUT2D eigenvalue weighted by Crippen LogP contribution is -1.99. The second-order valence-electron chi connectivity index (χ2n) is 4.04. The standard InChI is InChI=1S/C12H13N3O3S/c1-2-11-14-15-12(19-11)13-5-7-3-9-10(4-8(7)16)18-6-17-9/h3-4,16H,2,5-6H2,1H3,(H,13,15). The molecule has 3 rings (SSSR count). The summed E-state index contributed by atoms with van der Waals surface area (Å²) in [5.41, 5.74) is 0.734. The van der Waals surface area contributed by atoms with Gasteiger partial charge in [0.05, 0.1) is 0 Å². The summed E-state index contributed by atoms with van der Waals surface area (Å²) in [6, 6.07) is 3.34. The Morgan fingerprint density at radius 3 is 2.84 bits per heavy atom. The Balaban J connectivity index is 1.73. The maximum atomic E-state index is 9.90. The highest BCUT2D eigenvalue weighted by Crippen LogP contribution is 2.37. The van der Waals surface area contributed by atoms with E-state index in [1.165, 1.54) is 11.3 Å². The molecule has 0 bridgehead atoms. The van der Waals surface area contributed by atoms with Gasteiger partial charge in [-0.05, 0) is 12.5 Å². The molecule has 2 heterocycles. The number of aryl methyl sites for hydroxylation is 1. The fraction of sp³-hybridized carbons (Fsp3) is 0.333. The van der Waals surface area contributed by atoms with Gasteiger partial charge in [-0.1, -0.05) is 18.3 Å². The number of hydrogen-bond acceptors (Lipinski definition) is 7. The molecule has 0 saturated heterocycles. The lowest BCUT2D eigenvalue weighted by atomic mass is 10.2. The third-order valence-electron chi connectivity index (χ3n) is 2.77. The number of hydrogen-bond donors (Lipinski definition) is 2. The summed E-state index contributed by atoms with van der Waals surface area (Å²) < 4.78 is 10.5. The van der Waals surface area contributed by atoms with Crippen molar-refractivity contribution in [3.63, 3.8) is 0 Å². The Morgan fingerprint density at radius 2 is 2.11 bits per heavy atom. The van der Waals surface area contributed by atoms with Crippen LogP contribution in [-0.4, -0.2) is 22.1 Å². The topological polar surface area (TPSA) is 76.5 Å². The highest BCUT2D eigenvalue weighted by molar-refractivity contribution is 7.15. The van der Waals surface area contributed by atoms with Crippen molar-refractivity contribution >= 4 is 16.5 Å². The van der Waals surface area contributed by atoms with Gasteiger partial charge in [0.15, 0.2) is 11.5 Å². The first-order chi connectivity index (χ1) is 9.26. The van der Waals surface area contributed by atoms with Crippen molar-refractivity contribution in [1.29, 1.82) is 0 Å². The van der Waals surface area contributed by atoms with Crippen LogP contribution in [0.25, 0.3) is 0 Å². The molecule has 2 N–H and O–H groups in total. The summed E-state index contributed by atoms with van der Waals surface area (Å²) in [6.45, 7) is 2.69. The molecule has 100 valence electrons. The van der Waals surface area contributed by atoms with Crippen molar-refractivity contribution in [3.8, 4) is 17.2 Å². The van der Waals surface area contributed by atoms with Crippen LogP contribution in [0.3, 0.4) is 0 Å². The van der Waals surface area contributed by atoms with E-state index in [4.69, 9.17) is 9.47 Å². The molecule has 0 spiro atoms. The van der Waals surface area contributed by atoms with Crippen molar-refractivity contribution in [2.45, 2.75) is 19.9 Å². The molecule has 0 saturated carbocycles. The summed E-state index contributed by atoms with van der Waals surface area (Å²) in [5, 5.41) is 22.8. The van der Waals surface area contributed by atoms with Gasteiger partial charge < -0.3 is 19.9 Å². The molecule has 0 amide bonds. The number of nitrogens with zero attached hydrogens (tertiary/aromatic N) is 2. The molecule has 0 fully saturated rings. The second-order valence-corrected chi connectivity index (χ2v) is 5.10. The van der Waals surface area contributed by atoms with Gasteiger partial charge in [-0.25, -0.2) is 0 Å². The highest BCUT2D eigenvalue weighted by atomic mass is 32.1. The third-order valence-corrected chi connectivity index (χ3v) is 3.80. The van der Waals surface area contributed by atoms with Gasteiger partial charge in [0.2, 0.25) is 11.9 Å². The summed E-state index contributed by atoms with van der Waals surface area (Å²) in [6.07, 6.45) is 0.870. The van der Waals surface area contributed by atoms with Crippen molar-refractivity contribution in [2.24, 2.45) is 0 Å². The van der Waals surface area contributed by atoms with E-state index in [1.54, 1.807) is 12.1 Å². The minimum Gasteiger partial charge on any atom is -0.507 e. The monoisotopic (exact) mass is 279 g/mol. The van der Waals surface area contributed by atoms with Crippen LogP contribution in [0.5, 0.6) is 17.2 Å². The van der Waals surface area contributed by atoms with Crippen LogP contribution in [-0.2, 0) is 13.0 Å². The number of phenols is 1. The average Bonchev–Trinajstić information content (AvgIpc) is 3.03. The number of rotatable bonds is 4. The molecule has 2 aromatic rings. The summed E-state index contributed by atoms with van der Waals surface area (Å²) in [4.78, 5) is 0. The van der Waals surface area contributed by atoms with Crippen LogP contribution in [0, 0.1) is 0 Å². The quantitative estimate of drug-likeness (QED) is 0.893. The predicted molar refractivity (Wildman–Crippen MR) is 70.8 cm³/mol. The van der Waals surface area contributed by atoms with Crippen molar-refractivity contribution in [1.82, 2.24) is 10.2 Å². The Bertz CT molecular complexity index is 600. The molecule has 1 aromatic heterocycles. The molecule has 0 unspecified atom stereocenters. The van der Waals surface area contributed by atoms with Crippen LogP contribution < -0.4 is 14.8 Å². The van der Waals surface area contributed by atoms with E-state index in [2.05, 4.69) is 15.5 Å². The van der Waals surface area contributed by atoms with Gasteiger partial charge in [-0.2, -0.15) is 0 Å². The van der Waals surface area contributed by atoms with Gasteiger partial charge in [0.25, 0.3) is 0 Å². The third kappa shape index (κ3) is 2.41. The number of aromatic nitrogens is 2. The minimum absolute atomic E-state index is 0.178. The van der Waals surface area contributed by atoms with E-state index in [9.17, 15) is 5.11 Å². The van der Waals surface area contributed by atoms with Crippen molar-refractivity contribution < 1.29 is 14.6 Å². The number of aromatic hydroxyl groups is 1. The van der Waals surface area contributed by atoms with Gasteiger partial charge in [-0.3, -0.25) is 0 Å². The number of phenolic OH excluding ortho intramolecular Hbond substituents is 1. The SMILES string of the molecule is CCc1nnc(NCc2cc3c(cc2O)OCO3)s1. The molecular formula is C12H13N3O3S. The van der Waals surface area contributed by atoms with Gasteiger partial charge in [0.1, 0.15) is 10.8 Å². The number of ether oxygens (including phenoxy) is 2. The fourth-order valence-corrected chi connectivity index (χ4v) is 2.43. The van der Waals surface area contributed by atoms with E-state index in [0.29, 0.717) is 18.0 Å². The van der Waals surface area contributed by atoms with E-state index < -0.39 is 0 Å². The van der Waals surface area contributed by atoms with Crippen molar-refractivity contribution in [2.75, 3.05) is 12.1 Å². The molecule has 1 aliphatic heterocycles. The van der Waals surface area contributed by atoms with Crippen LogP contribution >= 0.6 is 11.3 Å². The molecule has 6 nitrogen and oxygen atoms in total. The molecule has 0 aliphatic carbocycles. The number of benzene rings is 1. The molecule has 0 atom stereocenters. The van der Waals surface area contributed by atoms with E-state index in [1.807, 2.05) is 6.92 Å². The second kappa shape index (κ2) is 4.93. The molecule has 19 heavy (non-hydrogen) atoms. The smallest absolute Gasteiger partial charge is 0.231 e. The van der Waals surface area contributed by atoms with E-state index in [0.717, 1.165) is 22.1 Å². The summed E-state index contributed by atoms with van der Waals surface area (Å²) >= 11 is 1.51. The normalized spacial score (nSPS) is 12.7. The van der Waals surface area contributed by atoms with Gasteiger partial charge in [-0.15, -0.1) is 10.2 Å². The van der Waals surface area contributed by atoms with Crippen LogP contribution in [0.4, 0.5) is 5.13 Å². The zero-order valence-electron chi connectivity index (χ0n) is 10.3. The van der Waals surface area contributed by atoms with Crippen LogP contribution in [0.1, 0.15) is 17.5 Å². The summed E-state index contributed by atoms with van der Waals surface area (Å²) in [7, 11) is 0. The zero-order valence-corrected chi connectivity index (χ0v) is 11.2. The zero-order chi connectivity index (χ0) is 13.2. The fourth-order valence-electron chi connectivity index (χ4n) is 1.75. The van der Waals surface area contributed by atoms with E-state index in [-0.39, 0.29) is 12.5 Å².